The first-order chi connectivity index (χ1) is 5.79. The molecule has 0 spiro atoms. The van der Waals surface area contributed by atoms with E-state index in [9.17, 15) is 0 Å². The van der Waals surface area contributed by atoms with E-state index in [1.165, 1.54) is 11.1 Å². The Hall–Kier alpha value is -0.530. The first-order valence-electron chi connectivity index (χ1n) is 4.27. The van der Waals surface area contributed by atoms with Gasteiger partial charge >= 0.3 is 0 Å². The zero-order valence-electron chi connectivity index (χ0n) is 7.10. The van der Waals surface area contributed by atoms with Gasteiger partial charge in [0.2, 0.25) is 0 Å². The maximum atomic E-state index is 6.11. The number of fused-ring (bicyclic) bond motifs is 1. The first-order valence-corrected chi connectivity index (χ1v) is 4.65. The third-order valence-corrected chi connectivity index (χ3v) is 2.73. The Bertz CT molecular complexity index is 296. The van der Waals surface area contributed by atoms with Crippen molar-refractivity contribution in [2.24, 2.45) is 0 Å². The minimum absolute atomic E-state index is 0.544. The minimum Gasteiger partial charge on any atom is -0.312 e. The molecule has 0 aliphatic carbocycles. The zero-order valence-corrected chi connectivity index (χ0v) is 7.86. The molecule has 12 heavy (non-hydrogen) atoms. The van der Waals surface area contributed by atoms with E-state index in [1.54, 1.807) is 0 Å². The summed E-state index contributed by atoms with van der Waals surface area (Å²) >= 11 is 6.11. The van der Waals surface area contributed by atoms with Crippen molar-refractivity contribution < 1.29 is 0 Å². The second-order valence-corrected chi connectivity index (χ2v) is 3.75. The summed E-state index contributed by atoms with van der Waals surface area (Å²) in [7, 11) is 0. The molecule has 0 amide bonds. The smallest absolute Gasteiger partial charge is 0.0444 e. The van der Waals surface area contributed by atoms with E-state index in [1.807, 2.05) is 12.1 Å². The summed E-state index contributed by atoms with van der Waals surface area (Å²) in [4.78, 5) is 0. The molecule has 0 fully saturated rings. The molecule has 1 aromatic carbocycles. The van der Waals surface area contributed by atoms with E-state index in [2.05, 4.69) is 18.3 Å². The Kier molecular flexibility index (Phi) is 2.07. The fourth-order valence-corrected chi connectivity index (χ4v) is 2.19. The van der Waals surface area contributed by atoms with Crippen LogP contribution in [-0.2, 0) is 6.54 Å². The van der Waals surface area contributed by atoms with E-state index >= 15 is 0 Å². The minimum atomic E-state index is 0.544. The van der Waals surface area contributed by atoms with Crippen molar-refractivity contribution >= 4 is 11.6 Å². The predicted molar refractivity (Wildman–Crippen MR) is 51.6 cm³/mol. The van der Waals surface area contributed by atoms with Crippen LogP contribution in [0, 0.1) is 0 Å². The Balaban J connectivity index is 2.53. The van der Waals surface area contributed by atoms with Crippen LogP contribution in [-0.4, -0.2) is 6.54 Å². The lowest BCUT2D eigenvalue weighted by Gasteiger charge is -2.24. The average molecular weight is 182 g/mol. The van der Waals surface area contributed by atoms with Crippen LogP contribution in [0.25, 0.3) is 0 Å². The van der Waals surface area contributed by atoms with Crippen LogP contribution in [0.4, 0.5) is 0 Å². The molecule has 1 unspecified atom stereocenters. The molecule has 1 atom stereocenters. The van der Waals surface area contributed by atoms with Crippen LogP contribution in [0.15, 0.2) is 18.2 Å². The van der Waals surface area contributed by atoms with Gasteiger partial charge in [-0.25, -0.2) is 0 Å². The van der Waals surface area contributed by atoms with Crippen molar-refractivity contribution in [3.8, 4) is 0 Å². The number of hydrogen-bond donors (Lipinski definition) is 1. The van der Waals surface area contributed by atoms with E-state index < -0.39 is 0 Å². The van der Waals surface area contributed by atoms with Gasteiger partial charge in [0.05, 0.1) is 0 Å². The van der Waals surface area contributed by atoms with Gasteiger partial charge in [-0.05, 0) is 23.1 Å². The number of hydrogen-bond acceptors (Lipinski definition) is 1. The highest BCUT2D eigenvalue weighted by Crippen LogP contribution is 2.29. The van der Waals surface area contributed by atoms with Gasteiger partial charge in [-0.3, -0.25) is 0 Å². The number of benzene rings is 1. The zero-order chi connectivity index (χ0) is 8.55. The lowest BCUT2D eigenvalue weighted by Crippen LogP contribution is -2.26. The molecule has 0 radical (unpaired) electrons. The van der Waals surface area contributed by atoms with Crippen molar-refractivity contribution in [2.45, 2.75) is 19.4 Å². The first kappa shape index (κ1) is 8.09. The van der Waals surface area contributed by atoms with Gasteiger partial charge < -0.3 is 5.32 Å². The van der Waals surface area contributed by atoms with Crippen molar-refractivity contribution in [1.82, 2.24) is 5.32 Å². The van der Waals surface area contributed by atoms with Gasteiger partial charge in [-0.2, -0.15) is 0 Å². The van der Waals surface area contributed by atoms with Gasteiger partial charge in [0, 0.05) is 18.1 Å². The highest BCUT2D eigenvalue weighted by Gasteiger charge is 2.17. The van der Waals surface area contributed by atoms with Crippen molar-refractivity contribution in [3.63, 3.8) is 0 Å². The van der Waals surface area contributed by atoms with Gasteiger partial charge in [0.25, 0.3) is 0 Å². The van der Waals surface area contributed by atoms with Crippen LogP contribution < -0.4 is 5.32 Å². The van der Waals surface area contributed by atoms with Gasteiger partial charge in [-0.15, -0.1) is 0 Å². The molecule has 64 valence electrons. The fourth-order valence-electron chi connectivity index (χ4n) is 1.81. The maximum absolute atomic E-state index is 6.11. The standard InChI is InChI=1S/C10H12ClN/c1-7-5-12-6-8-3-2-4-9(11)10(7)8/h2-4,7,12H,5-6H2,1H3. The van der Waals surface area contributed by atoms with E-state index in [4.69, 9.17) is 11.6 Å². The Morgan fingerprint density at radius 3 is 3.08 bits per heavy atom. The molecule has 1 N–H and O–H groups in total. The van der Waals surface area contributed by atoms with Crippen LogP contribution in [0.5, 0.6) is 0 Å². The quantitative estimate of drug-likeness (QED) is 0.649. The maximum Gasteiger partial charge on any atom is 0.0444 e. The molecule has 1 aliphatic heterocycles. The number of rotatable bonds is 0. The van der Waals surface area contributed by atoms with Crippen LogP contribution in [0.1, 0.15) is 24.0 Å². The molecule has 0 bridgehead atoms. The summed E-state index contributed by atoms with van der Waals surface area (Å²) in [6.07, 6.45) is 0. The highest BCUT2D eigenvalue weighted by molar-refractivity contribution is 6.31. The molecular weight excluding hydrogens is 170 g/mol. The van der Waals surface area contributed by atoms with E-state index in [0.717, 1.165) is 18.1 Å². The Labute approximate surface area is 77.7 Å². The SMILES string of the molecule is CC1CNCc2cccc(Cl)c21. The molecule has 0 saturated heterocycles. The summed E-state index contributed by atoms with van der Waals surface area (Å²) in [6.45, 7) is 4.20. The van der Waals surface area contributed by atoms with Crippen molar-refractivity contribution in [2.75, 3.05) is 6.54 Å². The highest BCUT2D eigenvalue weighted by atomic mass is 35.5. The Morgan fingerprint density at radius 1 is 1.50 bits per heavy atom. The van der Waals surface area contributed by atoms with Gasteiger partial charge in [0.15, 0.2) is 0 Å². The molecule has 0 aromatic heterocycles. The third-order valence-electron chi connectivity index (χ3n) is 2.40. The van der Waals surface area contributed by atoms with Crippen LogP contribution in [0.2, 0.25) is 5.02 Å². The van der Waals surface area contributed by atoms with Crippen LogP contribution >= 0.6 is 11.6 Å². The molecule has 0 saturated carbocycles. The topological polar surface area (TPSA) is 12.0 Å². The second-order valence-electron chi connectivity index (χ2n) is 3.34. The molecule has 1 nitrogen and oxygen atoms in total. The average Bonchev–Trinajstić information content (AvgIpc) is 2.04. The van der Waals surface area contributed by atoms with Crippen LogP contribution in [0.3, 0.4) is 0 Å². The lowest BCUT2D eigenvalue weighted by molar-refractivity contribution is 0.571. The number of halogens is 1. The van der Waals surface area contributed by atoms with Gasteiger partial charge in [-0.1, -0.05) is 30.7 Å². The van der Waals surface area contributed by atoms with Gasteiger partial charge in [0.1, 0.15) is 0 Å². The molecule has 2 rings (SSSR count). The molecule has 1 aliphatic rings. The fraction of sp³-hybridized carbons (Fsp3) is 0.400. The summed E-state index contributed by atoms with van der Waals surface area (Å²) in [5, 5.41) is 4.28. The number of nitrogens with one attached hydrogen (secondary N) is 1. The monoisotopic (exact) mass is 181 g/mol. The molecule has 1 aromatic rings. The summed E-state index contributed by atoms with van der Waals surface area (Å²) < 4.78 is 0. The van der Waals surface area contributed by atoms with Crippen molar-refractivity contribution in [3.05, 3.63) is 34.3 Å². The molecular formula is C10H12ClN. The molecule has 1 heterocycles. The summed E-state index contributed by atoms with van der Waals surface area (Å²) in [6, 6.07) is 6.13. The van der Waals surface area contributed by atoms with E-state index in [-0.39, 0.29) is 0 Å². The Morgan fingerprint density at radius 2 is 2.33 bits per heavy atom. The predicted octanol–water partition coefficient (Wildman–Crippen LogP) is 2.55. The third kappa shape index (κ3) is 1.23. The lowest BCUT2D eigenvalue weighted by atomic mass is 9.92. The summed E-state index contributed by atoms with van der Waals surface area (Å²) in [5.74, 6) is 0.544. The normalized spacial score (nSPS) is 22.0. The molecule has 2 heteroatoms. The van der Waals surface area contributed by atoms with E-state index in [0.29, 0.717) is 5.92 Å². The van der Waals surface area contributed by atoms with Crippen molar-refractivity contribution in [1.29, 1.82) is 0 Å². The largest absolute Gasteiger partial charge is 0.312 e. The second kappa shape index (κ2) is 3.08. The summed E-state index contributed by atoms with van der Waals surface area (Å²) in [5.41, 5.74) is 2.68.